The molecule has 3 rings (SSSR count). The van der Waals surface area contributed by atoms with Gasteiger partial charge < -0.3 is 9.30 Å². The van der Waals surface area contributed by atoms with Crippen LogP contribution in [0.4, 0.5) is 0 Å². The summed E-state index contributed by atoms with van der Waals surface area (Å²) in [4.78, 5) is 21.1. The van der Waals surface area contributed by atoms with E-state index in [0.717, 1.165) is 16.9 Å². The SMILES string of the molecule is CCOC(=O)CC(C)(C)Cc1nc2nc(Cl)ccc2n1Cc1ccc(Cl)cc1. The Balaban J connectivity index is 1.96. The minimum absolute atomic E-state index is 0.200. The van der Waals surface area contributed by atoms with Gasteiger partial charge in [-0.3, -0.25) is 4.79 Å². The first-order chi connectivity index (χ1) is 13.3. The van der Waals surface area contributed by atoms with Crippen molar-refractivity contribution >= 4 is 40.3 Å². The van der Waals surface area contributed by atoms with Crippen LogP contribution >= 0.6 is 23.2 Å². The molecule has 0 spiro atoms. The van der Waals surface area contributed by atoms with Gasteiger partial charge in [0.25, 0.3) is 0 Å². The highest BCUT2D eigenvalue weighted by Crippen LogP contribution is 2.29. The third kappa shape index (κ3) is 5.03. The van der Waals surface area contributed by atoms with Gasteiger partial charge in [-0.05, 0) is 42.2 Å². The minimum Gasteiger partial charge on any atom is -0.466 e. The number of carbonyl (C=O) groups is 1. The molecule has 0 amide bonds. The van der Waals surface area contributed by atoms with Crippen LogP contribution in [0.1, 0.15) is 38.6 Å². The number of halogens is 2. The fourth-order valence-electron chi connectivity index (χ4n) is 3.21. The second kappa shape index (κ2) is 8.50. The van der Waals surface area contributed by atoms with Gasteiger partial charge in [0.05, 0.1) is 18.5 Å². The van der Waals surface area contributed by atoms with E-state index >= 15 is 0 Å². The van der Waals surface area contributed by atoms with E-state index in [2.05, 4.69) is 9.55 Å². The lowest BCUT2D eigenvalue weighted by Crippen LogP contribution is -2.23. The molecular formula is C21H23Cl2N3O2. The number of pyridine rings is 1. The highest BCUT2D eigenvalue weighted by atomic mass is 35.5. The molecule has 0 bridgehead atoms. The Labute approximate surface area is 174 Å². The Morgan fingerprint density at radius 2 is 1.82 bits per heavy atom. The molecule has 3 aromatic rings. The number of esters is 1. The van der Waals surface area contributed by atoms with Gasteiger partial charge in [-0.25, -0.2) is 9.97 Å². The fraction of sp³-hybridized carbons (Fsp3) is 0.381. The van der Waals surface area contributed by atoms with E-state index in [1.807, 2.05) is 51.1 Å². The van der Waals surface area contributed by atoms with Crippen molar-refractivity contribution in [2.45, 2.75) is 40.2 Å². The molecular weight excluding hydrogens is 397 g/mol. The van der Waals surface area contributed by atoms with Crippen LogP contribution in [0.25, 0.3) is 11.2 Å². The lowest BCUT2D eigenvalue weighted by Gasteiger charge is -2.23. The van der Waals surface area contributed by atoms with Crippen molar-refractivity contribution in [3.05, 3.63) is 58.0 Å². The van der Waals surface area contributed by atoms with Crippen molar-refractivity contribution in [2.24, 2.45) is 5.41 Å². The molecule has 0 atom stereocenters. The zero-order chi connectivity index (χ0) is 20.3. The lowest BCUT2D eigenvalue weighted by atomic mass is 9.85. The number of imidazole rings is 1. The van der Waals surface area contributed by atoms with Gasteiger partial charge in [0, 0.05) is 18.0 Å². The van der Waals surface area contributed by atoms with Gasteiger partial charge >= 0.3 is 5.97 Å². The molecule has 0 fully saturated rings. The average Bonchev–Trinajstić information content (AvgIpc) is 2.92. The standard InChI is InChI=1S/C21H23Cl2N3O2/c1-4-28-19(27)12-21(2,3)11-18-25-20-16(9-10-17(23)24-20)26(18)13-14-5-7-15(22)8-6-14/h5-10H,4,11-13H2,1-3H3. The molecule has 5 nitrogen and oxygen atoms in total. The third-order valence-corrected chi connectivity index (χ3v) is 4.94. The largest absolute Gasteiger partial charge is 0.466 e. The van der Waals surface area contributed by atoms with E-state index in [1.54, 1.807) is 6.07 Å². The Kier molecular flexibility index (Phi) is 6.26. The average molecular weight is 420 g/mol. The maximum absolute atomic E-state index is 12.0. The van der Waals surface area contributed by atoms with Crippen LogP contribution in [0.15, 0.2) is 36.4 Å². The molecule has 28 heavy (non-hydrogen) atoms. The van der Waals surface area contributed by atoms with Crippen molar-refractivity contribution in [3.8, 4) is 0 Å². The van der Waals surface area contributed by atoms with Crippen LogP contribution in [0, 0.1) is 5.41 Å². The second-order valence-electron chi connectivity index (χ2n) is 7.54. The van der Waals surface area contributed by atoms with E-state index in [-0.39, 0.29) is 11.4 Å². The van der Waals surface area contributed by atoms with Crippen molar-refractivity contribution < 1.29 is 9.53 Å². The molecule has 0 unspecified atom stereocenters. The van der Waals surface area contributed by atoms with E-state index in [1.165, 1.54) is 0 Å². The summed E-state index contributed by atoms with van der Waals surface area (Å²) in [6, 6.07) is 11.4. The third-order valence-electron chi connectivity index (χ3n) is 4.48. The smallest absolute Gasteiger partial charge is 0.306 e. The Morgan fingerprint density at radius 3 is 2.50 bits per heavy atom. The topological polar surface area (TPSA) is 57.0 Å². The summed E-state index contributed by atoms with van der Waals surface area (Å²) < 4.78 is 7.24. The molecule has 0 aliphatic carbocycles. The highest BCUT2D eigenvalue weighted by molar-refractivity contribution is 6.30. The highest BCUT2D eigenvalue weighted by Gasteiger charge is 2.27. The van der Waals surface area contributed by atoms with E-state index < -0.39 is 0 Å². The van der Waals surface area contributed by atoms with Gasteiger partial charge in [0.2, 0.25) is 0 Å². The zero-order valence-corrected chi connectivity index (χ0v) is 17.7. The summed E-state index contributed by atoms with van der Waals surface area (Å²) >= 11 is 12.1. The number of hydrogen-bond donors (Lipinski definition) is 0. The van der Waals surface area contributed by atoms with E-state index in [0.29, 0.717) is 41.8 Å². The lowest BCUT2D eigenvalue weighted by molar-refractivity contribution is -0.145. The molecule has 0 saturated carbocycles. The van der Waals surface area contributed by atoms with Crippen molar-refractivity contribution in [1.29, 1.82) is 0 Å². The maximum atomic E-state index is 12.0. The molecule has 1 aromatic carbocycles. The number of ether oxygens (including phenoxy) is 1. The fourth-order valence-corrected chi connectivity index (χ4v) is 3.48. The van der Waals surface area contributed by atoms with Crippen molar-refractivity contribution in [3.63, 3.8) is 0 Å². The molecule has 0 N–H and O–H groups in total. The molecule has 2 aromatic heterocycles. The summed E-state index contributed by atoms with van der Waals surface area (Å²) in [7, 11) is 0. The summed E-state index contributed by atoms with van der Waals surface area (Å²) in [5.74, 6) is 0.656. The van der Waals surface area contributed by atoms with Gasteiger partial charge in [0.15, 0.2) is 5.65 Å². The van der Waals surface area contributed by atoms with E-state index in [9.17, 15) is 4.79 Å². The van der Waals surface area contributed by atoms with Crippen molar-refractivity contribution in [1.82, 2.24) is 14.5 Å². The molecule has 0 radical (unpaired) electrons. The normalized spacial score (nSPS) is 11.8. The number of hydrogen-bond acceptors (Lipinski definition) is 4. The summed E-state index contributed by atoms with van der Waals surface area (Å²) in [5.41, 5.74) is 2.29. The predicted molar refractivity (Wildman–Crippen MR) is 112 cm³/mol. The zero-order valence-electron chi connectivity index (χ0n) is 16.2. The molecule has 148 valence electrons. The molecule has 0 saturated heterocycles. The predicted octanol–water partition coefficient (Wildman–Crippen LogP) is 5.31. The van der Waals surface area contributed by atoms with Gasteiger partial charge in [-0.15, -0.1) is 0 Å². The Morgan fingerprint density at radius 1 is 1.11 bits per heavy atom. The van der Waals surface area contributed by atoms with Crippen LogP contribution in [0.2, 0.25) is 10.2 Å². The van der Waals surface area contributed by atoms with Gasteiger partial charge in [-0.2, -0.15) is 0 Å². The van der Waals surface area contributed by atoms with Crippen LogP contribution in [0.5, 0.6) is 0 Å². The molecule has 0 aliphatic heterocycles. The molecule has 0 aliphatic rings. The number of carbonyl (C=O) groups excluding carboxylic acids is 1. The second-order valence-corrected chi connectivity index (χ2v) is 8.36. The number of rotatable bonds is 7. The number of aromatic nitrogens is 3. The maximum Gasteiger partial charge on any atom is 0.306 e. The Bertz CT molecular complexity index is 981. The first-order valence-electron chi connectivity index (χ1n) is 9.19. The summed E-state index contributed by atoms with van der Waals surface area (Å²) in [6.45, 7) is 6.90. The summed E-state index contributed by atoms with van der Waals surface area (Å²) in [5, 5.41) is 1.10. The number of nitrogens with zero attached hydrogens (tertiary/aromatic N) is 3. The minimum atomic E-state index is -0.310. The van der Waals surface area contributed by atoms with Crippen molar-refractivity contribution in [2.75, 3.05) is 6.61 Å². The number of fused-ring (bicyclic) bond motifs is 1. The number of benzene rings is 1. The Hall–Kier alpha value is -2.11. The quantitative estimate of drug-likeness (QED) is 0.384. The monoisotopic (exact) mass is 419 g/mol. The van der Waals surface area contributed by atoms with E-state index in [4.69, 9.17) is 32.9 Å². The van der Waals surface area contributed by atoms with Crippen LogP contribution in [-0.2, 0) is 22.5 Å². The van der Waals surface area contributed by atoms with Gasteiger partial charge in [-0.1, -0.05) is 49.2 Å². The van der Waals surface area contributed by atoms with Crippen LogP contribution in [0.3, 0.4) is 0 Å². The first-order valence-corrected chi connectivity index (χ1v) is 9.95. The summed E-state index contributed by atoms with van der Waals surface area (Å²) in [6.07, 6.45) is 0.923. The first kappa shape index (κ1) is 20.6. The van der Waals surface area contributed by atoms with Gasteiger partial charge in [0.1, 0.15) is 11.0 Å². The molecule has 2 heterocycles. The van der Waals surface area contributed by atoms with Crippen LogP contribution < -0.4 is 0 Å². The van der Waals surface area contributed by atoms with Crippen LogP contribution in [-0.4, -0.2) is 27.1 Å². The molecule has 7 heteroatoms.